The number of ketones is 1. The lowest BCUT2D eigenvalue weighted by Crippen LogP contribution is -2.61. The lowest BCUT2D eigenvalue weighted by atomic mass is 9.80. The highest BCUT2D eigenvalue weighted by Gasteiger charge is 2.49. The van der Waals surface area contributed by atoms with Gasteiger partial charge >= 0.3 is 11.9 Å². The molecule has 2 aliphatic carbocycles. The van der Waals surface area contributed by atoms with E-state index in [1.165, 1.54) is 18.4 Å². The molecule has 180 valence electrons. The van der Waals surface area contributed by atoms with Crippen LogP contribution in [0.5, 0.6) is 0 Å². The summed E-state index contributed by atoms with van der Waals surface area (Å²) in [6, 6.07) is 1.89. The van der Waals surface area contributed by atoms with Gasteiger partial charge in [-0.2, -0.15) is 0 Å². The number of carbonyl (C=O) groups is 3. The van der Waals surface area contributed by atoms with E-state index < -0.39 is 5.97 Å². The van der Waals surface area contributed by atoms with E-state index in [9.17, 15) is 14.4 Å². The fraction of sp³-hybridized carbons (Fsp3) is 0.667. The van der Waals surface area contributed by atoms with E-state index >= 15 is 0 Å². The zero-order chi connectivity index (χ0) is 24.4. The minimum absolute atomic E-state index is 0.0293. The fourth-order valence-corrected chi connectivity index (χ4v) is 6.11. The molecule has 0 N–H and O–H groups in total. The summed E-state index contributed by atoms with van der Waals surface area (Å²) in [6.45, 7) is 8.38. The van der Waals surface area contributed by atoms with Gasteiger partial charge in [-0.3, -0.25) is 4.79 Å². The Morgan fingerprint density at radius 1 is 1.09 bits per heavy atom. The number of hydrogen-bond acceptors (Lipinski definition) is 5. The van der Waals surface area contributed by atoms with Crippen LogP contribution in [0.2, 0.25) is 0 Å². The molecule has 2 saturated carbocycles. The molecular weight excluding hydrogens is 434 g/mol. The van der Waals surface area contributed by atoms with Crippen molar-refractivity contribution in [2.45, 2.75) is 85.1 Å². The van der Waals surface area contributed by atoms with E-state index in [2.05, 4.69) is 18.8 Å². The number of Topliss-reactive ketones (excluding diaryl/α,β-unsaturated/α-hetero) is 1. The first kappa shape index (κ1) is 25.6. The average molecular weight is 473 g/mol. The molecule has 5 nitrogen and oxygen atoms in total. The van der Waals surface area contributed by atoms with Crippen molar-refractivity contribution in [2.75, 3.05) is 14.2 Å². The summed E-state index contributed by atoms with van der Waals surface area (Å²) in [5.74, 6) is 7.07. The highest BCUT2D eigenvalue weighted by Crippen LogP contribution is 2.42. The van der Waals surface area contributed by atoms with Gasteiger partial charge in [-0.1, -0.05) is 18.8 Å². The SMILES string of the molecule is COC(=O)c1sc(C#CC(C)(C)C)cc1[N+](C)(C(=O)C1CCC(C)CC1)C1CCC(=O)CC1. The topological polar surface area (TPSA) is 60.4 Å². The molecule has 2 aliphatic rings. The molecule has 3 rings (SSSR count). The van der Waals surface area contributed by atoms with Crippen LogP contribution in [0.3, 0.4) is 0 Å². The Morgan fingerprint density at radius 2 is 1.70 bits per heavy atom. The van der Waals surface area contributed by atoms with Gasteiger partial charge in [0.05, 0.1) is 25.0 Å². The molecule has 1 heterocycles. The van der Waals surface area contributed by atoms with Crippen LogP contribution in [0.1, 0.15) is 93.6 Å². The van der Waals surface area contributed by atoms with Crippen LogP contribution < -0.4 is 4.48 Å². The number of esters is 1. The predicted molar refractivity (Wildman–Crippen MR) is 133 cm³/mol. The molecule has 1 amide bonds. The highest BCUT2D eigenvalue weighted by atomic mass is 32.1. The summed E-state index contributed by atoms with van der Waals surface area (Å²) in [5.41, 5.74) is 0.513. The third kappa shape index (κ3) is 5.75. The Bertz CT molecular complexity index is 958. The summed E-state index contributed by atoms with van der Waals surface area (Å²) in [6.07, 6.45) is 6.16. The molecule has 0 spiro atoms. The number of hydrogen-bond donors (Lipinski definition) is 0. The maximum absolute atomic E-state index is 14.2. The summed E-state index contributed by atoms with van der Waals surface area (Å²) < 4.78 is 5.18. The van der Waals surface area contributed by atoms with Gasteiger partial charge in [0, 0.05) is 37.2 Å². The minimum atomic E-state index is -0.430. The minimum Gasteiger partial charge on any atom is -0.465 e. The molecule has 1 unspecified atom stereocenters. The Hall–Kier alpha value is -1.97. The van der Waals surface area contributed by atoms with Crippen LogP contribution in [-0.4, -0.2) is 37.9 Å². The second kappa shape index (κ2) is 10.1. The second-order valence-corrected chi connectivity index (χ2v) is 12.0. The van der Waals surface area contributed by atoms with Crippen molar-refractivity contribution < 1.29 is 19.1 Å². The van der Waals surface area contributed by atoms with Gasteiger partial charge in [-0.05, 0) is 52.4 Å². The van der Waals surface area contributed by atoms with Crippen molar-refractivity contribution in [3.63, 3.8) is 0 Å². The molecule has 2 fully saturated rings. The number of quaternary nitrogens is 1. The molecule has 0 bridgehead atoms. The Kier molecular flexibility index (Phi) is 7.86. The maximum atomic E-state index is 14.2. The number of nitrogens with zero attached hydrogens (tertiary/aromatic N) is 1. The van der Waals surface area contributed by atoms with E-state index in [1.54, 1.807) is 0 Å². The number of amides is 1. The predicted octanol–water partition coefficient (Wildman–Crippen LogP) is 5.73. The van der Waals surface area contributed by atoms with Crippen LogP contribution >= 0.6 is 11.3 Å². The first-order chi connectivity index (χ1) is 15.5. The van der Waals surface area contributed by atoms with Gasteiger partial charge < -0.3 is 4.74 Å². The van der Waals surface area contributed by atoms with E-state index in [-0.39, 0.29) is 33.5 Å². The van der Waals surface area contributed by atoms with Crippen molar-refractivity contribution in [3.8, 4) is 11.8 Å². The molecule has 0 aromatic carbocycles. The van der Waals surface area contributed by atoms with Crippen molar-refractivity contribution in [1.29, 1.82) is 0 Å². The van der Waals surface area contributed by atoms with Gasteiger partial charge in [0.15, 0.2) is 10.6 Å². The molecule has 0 aliphatic heterocycles. The standard InChI is InChI=1S/C27H38NO4S/c1-18-7-9-19(10-8-18)25(30)28(5,20-11-13-21(29)14-12-20)23-17-22(15-16-27(2,3)4)33-24(23)26(31)32-6/h17-20H,7-14H2,1-6H3/q+1. The maximum Gasteiger partial charge on any atom is 0.354 e. The Labute approximate surface area is 202 Å². The van der Waals surface area contributed by atoms with Gasteiger partial charge in [0.1, 0.15) is 11.8 Å². The van der Waals surface area contributed by atoms with Crippen molar-refractivity contribution in [3.05, 3.63) is 15.8 Å². The molecule has 0 radical (unpaired) electrons. The van der Waals surface area contributed by atoms with Crippen molar-refractivity contribution >= 4 is 34.7 Å². The third-order valence-corrected chi connectivity index (χ3v) is 8.23. The number of methoxy groups -OCH3 is 1. The molecule has 6 heteroatoms. The molecular formula is C27H38NO4S+. The van der Waals surface area contributed by atoms with Crippen LogP contribution in [-0.2, 0) is 14.3 Å². The Morgan fingerprint density at radius 3 is 2.24 bits per heavy atom. The monoisotopic (exact) mass is 472 g/mol. The van der Waals surface area contributed by atoms with Crippen LogP contribution in [0.4, 0.5) is 5.69 Å². The first-order valence-corrected chi connectivity index (χ1v) is 13.0. The molecule has 1 aromatic rings. The summed E-state index contributed by atoms with van der Waals surface area (Å²) >= 11 is 1.31. The fourth-order valence-electron chi connectivity index (χ4n) is 5.10. The second-order valence-electron chi connectivity index (χ2n) is 11.0. The molecule has 33 heavy (non-hydrogen) atoms. The van der Waals surface area contributed by atoms with E-state index in [4.69, 9.17) is 4.74 Å². The number of rotatable bonds is 4. The Balaban J connectivity index is 2.11. The first-order valence-electron chi connectivity index (χ1n) is 12.1. The third-order valence-electron chi connectivity index (χ3n) is 7.21. The molecule has 1 atom stereocenters. The normalized spacial score (nSPS) is 23.9. The van der Waals surface area contributed by atoms with Gasteiger partial charge in [0.25, 0.3) is 0 Å². The van der Waals surface area contributed by atoms with Gasteiger partial charge in [-0.25, -0.2) is 14.1 Å². The lowest BCUT2D eigenvalue weighted by Gasteiger charge is -2.42. The zero-order valence-electron chi connectivity index (χ0n) is 21.0. The van der Waals surface area contributed by atoms with E-state index in [1.807, 2.05) is 33.9 Å². The summed E-state index contributed by atoms with van der Waals surface area (Å²) in [5, 5.41) is 0. The van der Waals surface area contributed by atoms with Crippen LogP contribution in [0.25, 0.3) is 0 Å². The van der Waals surface area contributed by atoms with Crippen molar-refractivity contribution in [1.82, 2.24) is 4.48 Å². The molecule has 0 saturated heterocycles. The largest absolute Gasteiger partial charge is 0.465 e. The van der Waals surface area contributed by atoms with Crippen LogP contribution in [0.15, 0.2) is 6.07 Å². The number of thiophene rings is 1. The van der Waals surface area contributed by atoms with E-state index in [0.29, 0.717) is 42.2 Å². The lowest BCUT2D eigenvalue weighted by molar-refractivity contribution is -0.138. The smallest absolute Gasteiger partial charge is 0.354 e. The van der Waals surface area contributed by atoms with Gasteiger partial charge in [-0.15, -0.1) is 11.3 Å². The summed E-state index contributed by atoms with van der Waals surface area (Å²) in [4.78, 5) is 40.3. The quantitative estimate of drug-likeness (QED) is 0.319. The highest BCUT2D eigenvalue weighted by molar-refractivity contribution is 7.15. The van der Waals surface area contributed by atoms with Crippen molar-refractivity contribution in [2.24, 2.45) is 17.3 Å². The average Bonchev–Trinajstić information content (AvgIpc) is 3.22. The van der Waals surface area contributed by atoms with Gasteiger partial charge in [0.2, 0.25) is 0 Å². The number of carbonyl (C=O) groups excluding carboxylic acids is 3. The molecule has 1 aromatic heterocycles. The number of ether oxygens (including phenoxy) is 1. The summed E-state index contributed by atoms with van der Waals surface area (Å²) in [7, 11) is 3.33. The van der Waals surface area contributed by atoms with E-state index in [0.717, 1.165) is 30.6 Å². The zero-order valence-corrected chi connectivity index (χ0v) is 21.8. The van der Waals surface area contributed by atoms with Crippen LogP contribution in [0, 0.1) is 29.1 Å².